The highest BCUT2D eigenvalue weighted by molar-refractivity contribution is 6.21. The molecule has 2 aliphatic rings. The van der Waals surface area contributed by atoms with Crippen LogP contribution in [0.25, 0.3) is 0 Å². The summed E-state index contributed by atoms with van der Waals surface area (Å²) in [5, 5.41) is 0. The molecule has 100 valence electrons. The molecule has 2 rings (SSSR count). The summed E-state index contributed by atoms with van der Waals surface area (Å²) in [5.74, 6) is 2.18. The maximum Gasteiger partial charge on any atom is 0.0576 e. The number of halogens is 2. The summed E-state index contributed by atoms with van der Waals surface area (Å²) in [6, 6.07) is 0. The van der Waals surface area contributed by atoms with E-state index in [1.165, 1.54) is 38.5 Å². The second-order valence-corrected chi connectivity index (χ2v) is 6.32. The summed E-state index contributed by atoms with van der Waals surface area (Å²) in [6.45, 7) is 0.947. The van der Waals surface area contributed by atoms with Gasteiger partial charge < -0.3 is 4.74 Å². The first-order valence-corrected chi connectivity index (χ1v) is 8.11. The van der Waals surface area contributed by atoms with Crippen LogP contribution >= 0.6 is 23.2 Å². The van der Waals surface area contributed by atoms with Gasteiger partial charge >= 0.3 is 0 Å². The average Bonchev–Trinajstić information content (AvgIpc) is 3.04. The van der Waals surface area contributed by atoms with Crippen molar-refractivity contribution in [1.29, 1.82) is 0 Å². The van der Waals surface area contributed by atoms with Crippen molar-refractivity contribution in [2.45, 2.75) is 57.5 Å². The Morgan fingerprint density at radius 3 is 2.24 bits per heavy atom. The van der Waals surface area contributed by atoms with Crippen molar-refractivity contribution in [3.05, 3.63) is 0 Å². The topological polar surface area (TPSA) is 9.23 Å². The van der Waals surface area contributed by atoms with Gasteiger partial charge in [0.2, 0.25) is 0 Å². The third-order valence-electron chi connectivity index (χ3n) is 4.74. The summed E-state index contributed by atoms with van der Waals surface area (Å²) in [6.07, 6.45) is 10.6. The van der Waals surface area contributed by atoms with Crippen molar-refractivity contribution in [3.63, 3.8) is 0 Å². The van der Waals surface area contributed by atoms with Crippen LogP contribution in [-0.2, 0) is 4.74 Å². The second-order valence-electron chi connectivity index (χ2n) is 5.78. The van der Waals surface area contributed by atoms with Crippen LogP contribution in [-0.4, -0.2) is 24.5 Å². The molecular formula is C14H24Cl2O. The first kappa shape index (κ1) is 14.0. The molecule has 0 amide bonds. The molecule has 1 unspecified atom stereocenters. The van der Waals surface area contributed by atoms with Crippen LogP contribution in [0.4, 0.5) is 0 Å². The molecule has 1 heterocycles. The quantitative estimate of drug-likeness (QED) is 0.646. The molecule has 0 spiro atoms. The summed E-state index contributed by atoms with van der Waals surface area (Å²) in [7, 11) is 0. The predicted octanol–water partition coefficient (Wildman–Crippen LogP) is 4.60. The molecule has 0 bridgehead atoms. The fraction of sp³-hybridized carbons (Fsp3) is 1.00. The maximum absolute atomic E-state index is 6.26. The molecule has 1 nitrogen and oxygen atoms in total. The Labute approximate surface area is 115 Å². The van der Waals surface area contributed by atoms with Gasteiger partial charge in [-0.15, -0.1) is 23.2 Å². The molecule has 1 saturated carbocycles. The fourth-order valence-electron chi connectivity index (χ4n) is 3.45. The van der Waals surface area contributed by atoms with Crippen molar-refractivity contribution in [3.8, 4) is 0 Å². The zero-order chi connectivity index (χ0) is 12.1. The van der Waals surface area contributed by atoms with Crippen LogP contribution in [0, 0.1) is 11.3 Å². The fourth-order valence-corrected chi connectivity index (χ4v) is 4.44. The van der Waals surface area contributed by atoms with Crippen molar-refractivity contribution in [2.75, 3.05) is 18.4 Å². The standard InChI is InChI=1S/C14H24Cl2O/c15-10-14(11-16,12-4-1-2-5-12)8-7-13-6-3-9-17-13/h12-13H,1-11H2. The lowest BCUT2D eigenvalue weighted by atomic mass is 9.73. The molecule has 3 heteroatoms. The molecule has 0 N–H and O–H groups in total. The smallest absolute Gasteiger partial charge is 0.0576 e. The highest BCUT2D eigenvalue weighted by atomic mass is 35.5. The minimum absolute atomic E-state index is 0.172. The van der Waals surface area contributed by atoms with Gasteiger partial charge in [0.05, 0.1) is 6.10 Å². The first-order valence-electron chi connectivity index (χ1n) is 7.04. The van der Waals surface area contributed by atoms with E-state index in [4.69, 9.17) is 27.9 Å². The van der Waals surface area contributed by atoms with E-state index in [0.29, 0.717) is 17.9 Å². The van der Waals surface area contributed by atoms with Gasteiger partial charge in [0.1, 0.15) is 0 Å². The number of alkyl halides is 2. The Hall–Kier alpha value is 0.540. The van der Waals surface area contributed by atoms with E-state index in [0.717, 1.165) is 25.4 Å². The lowest BCUT2D eigenvalue weighted by Crippen LogP contribution is -2.34. The molecule has 2 fully saturated rings. The van der Waals surface area contributed by atoms with Crippen LogP contribution in [0.15, 0.2) is 0 Å². The van der Waals surface area contributed by atoms with Gasteiger partial charge in [-0.2, -0.15) is 0 Å². The van der Waals surface area contributed by atoms with Crippen LogP contribution < -0.4 is 0 Å². The van der Waals surface area contributed by atoms with Gasteiger partial charge in [-0.05, 0) is 44.4 Å². The van der Waals surface area contributed by atoms with E-state index in [1.54, 1.807) is 0 Å². The number of rotatable bonds is 6. The van der Waals surface area contributed by atoms with Crippen molar-refractivity contribution >= 4 is 23.2 Å². The Morgan fingerprint density at radius 2 is 1.71 bits per heavy atom. The van der Waals surface area contributed by atoms with Crippen molar-refractivity contribution in [1.82, 2.24) is 0 Å². The zero-order valence-electron chi connectivity index (χ0n) is 10.6. The Morgan fingerprint density at radius 1 is 1.00 bits per heavy atom. The third kappa shape index (κ3) is 3.30. The van der Waals surface area contributed by atoms with Crippen LogP contribution in [0.1, 0.15) is 51.4 Å². The summed E-state index contributed by atoms with van der Waals surface area (Å²) in [4.78, 5) is 0. The average molecular weight is 279 g/mol. The van der Waals surface area contributed by atoms with Crippen LogP contribution in [0.3, 0.4) is 0 Å². The molecule has 1 aliphatic heterocycles. The predicted molar refractivity (Wildman–Crippen MR) is 74.0 cm³/mol. The highest BCUT2D eigenvalue weighted by Gasteiger charge is 2.39. The van der Waals surface area contributed by atoms with E-state index in [9.17, 15) is 0 Å². The van der Waals surface area contributed by atoms with Gasteiger partial charge in [-0.1, -0.05) is 12.8 Å². The Balaban J connectivity index is 1.89. The number of ether oxygens (including phenoxy) is 1. The first-order chi connectivity index (χ1) is 8.30. The Kier molecular flexibility index (Phi) is 5.45. The third-order valence-corrected chi connectivity index (χ3v) is 5.81. The second kappa shape index (κ2) is 6.63. The summed E-state index contributed by atoms with van der Waals surface area (Å²) >= 11 is 12.5. The maximum atomic E-state index is 6.26. The normalized spacial score (nSPS) is 26.8. The van der Waals surface area contributed by atoms with Crippen LogP contribution in [0.5, 0.6) is 0 Å². The van der Waals surface area contributed by atoms with E-state index >= 15 is 0 Å². The summed E-state index contributed by atoms with van der Waals surface area (Å²) in [5.41, 5.74) is 0.172. The highest BCUT2D eigenvalue weighted by Crippen LogP contribution is 2.45. The van der Waals surface area contributed by atoms with E-state index in [1.807, 2.05) is 0 Å². The molecule has 0 aromatic rings. The number of hydrogen-bond donors (Lipinski definition) is 0. The molecular weight excluding hydrogens is 255 g/mol. The lowest BCUT2D eigenvalue weighted by Gasteiger charge is -2.36. The van der Waals surface area contributed by atoms with Gasteiger partial charge in [0.25, 0.3) is 0 Å². The molecule has 1 atom stereocenters. The zero-order valence-corrected chi connectivity index (χ0v) is 12.1. The Bertz CT molecular complexity index is 216. The number of hydrogen-bond acceptors (Lipinski definition) is 1. The molecule has 0 aromatic carbocycles. The van der Waals surface area contributed by atoms with Gasteiger partial charge in [-0.25, -0.2) is 0 Å². The van der Waals surface area contributed by atoms with E-state index in [2.05, 4.69) is 0 Å². The lowest BCUT2D eigenvalue weighted by molar-refractivity contribution is 0.0829. The van der Waals surface area contributed by atoms with Gasteiger partial charge in [-0.3, -0.25) is 0 Å². The monoisotopic (exact) mass is 278 g/mol. The van der Waals surface area contributed by atoms with E-state index in [-0.39, 0.29) is 5.41 Å². The molecule has 0 aromatic heterocycles. The van der Waals surface area contributed by atoms with Crippen LogP contribution in [0.2, 0.25) is 0 Å². The minimum Gasteiger partial charge on any atom is -0.378 e. The molecule has 0 radical (unpaired) electrons. The SMILES string of the molecule is ClCC(CCl)(CCC1CCCO1)C1CCCC1. The van der Waals surface area contributed by atoms with Gasteiger partial charge in [0.15, 0.2) is 0 Å². The molecule has 1 saturated heterocycles. The molecule has 17 heavy (non-hydrogen) atoms. The summed E-state index contributed by atoms with van der Waals surface area (Å²) < 4.78 is 5.71. The largest absolute Gasteiger partial charge is 0.378 e. The van der Waals surface area contributed by atoms with Crippen molar-refractivity contribution < 1.29 is 4.74 Å². The molecule has 1 aliphatic carbocycles. The van der Waals surface area contributed by atoms with Gasteiger partial charge in [0, 0.05) is 23.8 Å². The minimum atomic E-state index is 0.172. The van der Waals surface area contributed by atoms with Crippen molar-refractivity contribution in [2.24, 2.45) is 11.3 Å². The van der Waals surface area contributed by atoms with E-state index < -0.39 is 0 Å².